The highest BCUT2D eigenvalue weighted by Gasteiger charge is 2.17. The zero-order valence-corrected chi connectivity index (χ0v) is 11.6. The van der Waals surface area contributed by atoms with Crippen molar-refractivity contribution in [1.82, 2.24) is 0 Å². The first-order chi connectivity index (χ1) is 8.64. The van der Waals surface area contributed by atoms with Gasteiger partial charge >= 0.3 is 0 Å². The minimum atomic E-state index is -3.96. The van der Waals surface area contributed by atoms with Crippen LogP contribution in [-0.4, -0.2) is 34.6 Å². The van der Waals surface area contributed by atoms with E-state index in [0.29, 0.717) is 0 Å². The summed E-state index contributed by atoms with van der Waals surface area (Å²) in [7, 11) is -7.40. The molecule has 0 aliphatic carbocycles. The molecule has 1 aromatic rings. The van der Waals surface area contributed by atoms with Gasteiger partial charge in [-0.25, -0.2) is 21.2 Å². The molecule has 0 fully saturated rings. The Bertz CT molecular complexity index is 720. The summed E-state index contributed by atoms with van der Waals surface area (Å²) in [6.45, 7) is 0. The van der Waals surface area contributed by atoms with E-state index in [2.05, 4.69) is 0 Å². The second kappa shape index (κ2) is 5.54. The van der Waals surface area contributed by atoms with Crippen LogP contribution in [0.4, 0.5) is 10.1 Å². The normalized spacial score (nSPS) is 11.8. The number of sulfonamides is 1. The molecule has 0 aliphatic heterocycles. The minimum absolute atomic E-state index is 0.212. The van der Waals surface area contributed by atoms with Crippen molar-refractivity contribution >= 4 is 25.5 Å². The minimum Gasteiger partial charge on any atom is -0.282 e. The lowest BCUT2D eigenvalue weighted by molar-refractivity contribution is 0.593. The fourth-order valence-electron chi connectivity index (χ4n) is 1.20. The second-order valence-corrected chi connectivity index (χ2v) is 7.93. The number of sulfone groups is 1. The molecule has 19 heavy (non-hydrogen) atoms. The number of halogens is 1. The molecule has 0 saturated carbocycles. The molecule has 0 unspecified atom stereocenters. The number of nitrogens with one attached hydrogen (secondary N) is 1. The van der Waals surface area contributed by atoms with Gasteiger partial charge in [0.2, 0.25) is 10.0 Å². The Morgan fingerprint density at radius 3 is 2.42 bits per heavy atom. The number of benzene rings is 1. The smallest absolute Gasteiger partial charge is 0.233 e. The maximum absolute atomic E-state index is 13.2. The summed E-state index contributed by atoms with van der Waals surface area (Å²) >= 11 is 0. The number of nitrogens with zero attached hydrogens (tertiary/aromatic N) is 1. The van der Waals surface area contributed by atoms with Gasteiger partial charge in [-0.1, -0.05) is 6.07 Å². The summed E-state index contributed by atoms with van der Waals surface area (Å²) < 4.78 is 60.3. The van der Waals surface area contributed by atoms with E-state index in [1.807, 2.05) is 4.72 Å². The topological polar surface area (TPSA) is 104 Å². The number of nitriles is 1. The predicted octanol–water partition coefficient (Wildman–Crippen LogP) is 0.484. The van der Waals surface area contributed by atoms with Crippen LogP contribution in [0, 0.1) is 17.1 Å². The van der Waals surface area contributed by atoms with Crippen LogP contribution in [0.1, 0.15) is 5.56 Å². The van der Waals surface area contributed by atoms with Crippen LogP contribution < -0.4 is 4.72 Å². The molecule has 104 valence electrons. The third-order valence-corrected chi connectivity index (χ3v) is 4.59. The van der Waals surface area contributed by atoms with Gasteiger partial charge in [0.15, 0.2) is 0 Å². The zero-order chi connectivity index (χ0) is 14.7. The lowest BCUT2D eigenvalue weighted by Gasteiger charge is -2.09. The molecule has 6 nitrogen and oxygen atoms in total. The SMILES string of the molecule is CS(=O)(=O)CCS(=O)(=O)Nc1cccc(F)c1C#N. The average Bonchev–Trinajstić information content (AvgIpc) is 2.26. The average molecular weight is 306 g/mol. The van der Waals surface area contributed by atoms with E-state index < -0.39 is 42.7 Å². The van der Waals surface area contributed by atoms with Crippen molar-refractivity contribution in [2.45, 2.75) is 0 Å². The van der Waals surface area contributed by atoms with Crippen molar-refractivity contribution in [1.29, 1.82) is 5.26 Å². The van der Waals surface area contributed by atoms with Crippen LogP contribution in [0.2, 0.25) is 0 Å². The molecule has 1 N–H and O–H groups in total. The number of rotatable bonds is 5. The van der Waals surface area contributed by atoms with Crippen LogP contribution in [0.3, 0.4) is 0 Å². The Kier molecular flexibility index (Phi) is 4.49. The van der Waals surface area contributed by atoms with Crippen LogP contribution in [0.25, 0.3) is 0 Å². The molecular formula is C10H11FN2O4S2. The monoisotopic (exact) mass is 306 g/mol. The maximum Gasteiger partial charge on any atom is 0.233 e. The molecule has 0 spiro atoms. The first-order valence-electron chi connectivity index (χ1n) is 5.01. The molecule has 0 radical (unpaired) electrons. The quantitative estimate of drug-likeness (QED) is 0.852. The highest BCUT2D eigenvalue weighted by Crippen LogP contribution is 2.19. The Balaban J connectivity index is 2.97. The Labute approximate surface area is 110 Å². The summed E-state index contributed by atoms with van der Waals surface area (Å²) in [5, 5.41) is 8.73. The van der Waals surface area contributed by atoms with Gasteiger partial charge in [-0.3, -0.25) is 4.72 Å². The first-order valence-corrected chi connectivity index (χ1v) is 8.73. The van der Waals surface area contributed by atoms with Crippen molar-refractivity contribution in [3.8, 4) is 6.07 Å². The van der Waals surface area contributed by atoms with Gasteiger partial charge in [0.25, 0.3) is 0 Å². The molecular weight excluding hydrogens is 295 g/mol. The zero-order valence-electron chi connectivity index (χ0n) is 9.92. The van der Waals surface area contributed by atoms with Crippen molar-refractivity contribution in [3.05, 3.63) is 29.6 Å². The molecule has 0 amide bonds. The van der Waals surface area contributed by atoms with Crippen LogP contribution in [0.5, 0.6) is 0 Å². The van der Waals surface area contributed by atoms with Gasteiger partial charge < -0.3 is 0 Å². The third kappa shape index (κ3) is 4.84. The first kappa shape index (κ1) is 15.4. The number of hydrogen-bond acceptors (Lipinski definition) is 5. The fraction of sp³-hybridized carbons (Fsp3) is 0.300. The second-order valence-electron chi connectivity index (χ2n) is 3.83. The molecule has 0 atom stereocenters. The number of hydrogen-bond donors (Lipinski definition) is 1. The summed E-state index contributed by atoms with van der Waals surface area (Å²) in [5.41, 5.74) is -0.651. The van der Waals surface area contributed by atoms with E-state index in [1.54, 1.807) is 0 Å². The Morgan fingerprint density at radius 1 is 1.26 bits per heavy atom. The fourth-order valence-corrected chi connectivity index (χ4v) is 3.90. The molecule has 0 aliphatic rings. The third-order valence-electron chi connectivity index (χ3n) is 2.11. The van der Waals surface area contributed by atoms with Gasteiger partial charge in [-0.2, -0.15) is 5.26 Å². The largest absolute Gasteiger partial charge is 0.282 e. The van der Waals surface area contributed by atoms with Crippen LogP contribution in [0.15, 0.2) is 18.2 Å². The molecule has 0 bridgehead atoms. The highest BCUT2D eigenvalue weighted by atomic mass is 32.2. The van der Waals surface area contributed by atoms with E-state index in [0.717, 1.165) is 12.3 Å². The van der Waals surface area contributed by atoms with Gasteiger partial charge in [-0.15, -0.1) is 0 Å². The summed E-state index contributed by atoms with van der Waals surface area (Å²) in [5.74, 6) is -2.07. The van der Waals surface area contributed by atoms with E-state index >= 15 is 0 Å². The van der Waals surface area contributed by atoms with Gasteiger partial charge in [0.05, 0.1) is 17.2 Å². The molecule has 9 heteroatoms. The van der Waals surface area contributed by atoms with Gasteiger partial charge in [0, 0.05) is 6.26 Å². The lowest BCUT2D eigenvalue weighted by atomic mass is 10.2. The van der Waals surface area contributed by atoms with E-state index in [-0.39, 0.29) is 5.69 Å². The van der Waals surface area contributed by atoms with E-state index in [1.165, 1.54) is 18.2 Å². The van der Waals surface area contributed by atoms with E-state index in [9.17, 15) is 21.2 Å². The standard InChI is InChI=1S/C10H11FN2O4S2/c1-18(14,15)5-6-19(16,17)13-10-4-2-3-9(11)8(10)7-12/h2-4,13H,5-6H2,1H3. The molecule has 1 aromatic carbocycles. The maximum atomic E-state index is 13.2. The molecule has 0 saturated heterocycles. The predicted molar refractivity (Wildman–Crippen MR) is 68.2 cm³/mol. The highest BCUT2D eigenvalue weighted by molar-refractivity contribution is 7.95. The Hall–Kier alpha value is -1.66. The van der Waals surface area contributed by atoms with Crippen molar-refractivity contribution < 1.29 is 21.2 Å². The number of anilines is 1. The van der Waals surface area contributed by atoms with Crippen molar-refractivity contribution in [2.75, 3.05) is 22.5 Å². The molecule has 1 rings (SSSR count). The Morgan fingerprint density at radius 2 is 1.89 bits per heavy atom. The van der Waals surface area contributed by atoms with Crippen molar-refractivity contribution in [2.24, 2.45) is 0 Å². The van der Waals surface area contributed by atoms with Crippen molar-refractivity contribution in [3.63, 3.8) is 0 Å². The van der Waals surface area contributed by atoms with Gasteiger partial charge in [0.1, 0.15) is 27.3 Å². The summed E-state index contributed by atoms with van der Waals surface area (Å²) in [6.07, 6.45) is 0.908. The van der Waals surface area contributed by atoms with Gasteiger partial charge in [-0.05, 0) is 12.1 Å². The van der Waals surface area contributed by atoms with E-state index in [4.69, 9.17) is 5.26 Å². The molecule has 0 heterocycles. The molecule has 0 aromatic heterocycles. The van der Waals surface area contributed by atoms with Crippen LogP contribution in [-0.2, 0) is 19.9 Å². The summed E-state index contributed by atoms with van der Waals surface area (Å²) in [6, 6.07) is 5.02. The summed E-state index contributed by atoms with van der Waals surface area (Å²) in [4.78, 5) is 0. The lowest BCUT2D eigenvalue weighted by Crippen LogP contribution is -2.23. The van der Waals surface area contributed by atoms with Crippen LogP contribution >= 0.6 is 0 Å².